The van der Waals surface area contributed by atoms with E-state index in [4.69, 9.17) is 9.47 Å². The Morgan fingerprint density at radius 1 is 1.17 bits per heavy atom. The van der Waals surface area contributed by atoms with E-state index in [1.165, 1.54) is 11.3 Å². The lowest BCUT2D eigenvalue weighted by Gasteiger charge is -2.18. The van der Waals surface area contributed by atoms with Gasteiger partial charge in [0.25, 0.3) is 0 Å². The van der Waals surface area contributed by atoms with Crippen LogP contribution < -0.4 is 14.8 Å². The van der Waals surface area contributed by atoms with Crippen LogP contribution in [0, 0.1) is 0 Å². The van der Waals surface area contributed by atoms with Crippen molar-refractivity contribution in [1.82, 2.24) is 5.32 Å². The van der Waals surface area contributed by atoms with Gasteiger partial charge in [0.15, 0.2) is 5.78 Å². The predicted molar refractivity (Wildman–Crippen MR) is 94.0 cm³/mol. The van der Waals surface area contributed by atoms with E-state index in [0.717, 1.165) is 5.56 Å². The fourth-order valence-corrected chi connectivity index (χ4v) is 3.05. The first kappa shape index (κ1) is 18.0. The summed E-state index contributed by atoms with van der Waals surface area (Å²) in [5, 5.41) is 4.75. The van der Waals surface area contributed by atoms with Crippen LogP contribution >= 0.6 is 11.3 Å². The summed E-state index contributed by atoms with van der Waals surface area (Å²) in [5.74, 6) is 1.20. The molecular formula is C18H21NO4S. The van der Waals surface area contributed by atoms with Crippen molar-refractivity contribution in [3.8, 4) is 11.5 Å². The van der Waals surface area contributed by atoms with Gasteiger partial charge in [0.1, 0.15) is 11.5 Å². The molecule has 2 rings (SSSR count). The minimum Gasteiger partial charge on any atom is -0.497 e. The van der Waals surface area contributed by atoms with E-state index < -0.39 is 0 Å². The number of benzene rings is 1. The highest BCUT2D eigenvalue weighted by Crippen LogP contribution is 2.29. The van der Waals surface area contributed by atoms with Gasteiger partial charge in [-0.25, -0.2) is 0 Å². The molecule has 0 saturated carbocycles. The van der Waals surface area contributed by atoms with Crippen LogP contribution in [0.25, 0.3) is 0 Å². The van der Waals surface area contributed by atoms with Gasteiger partial charge in [-0.2, -0.15) is 0 Å². The van der Waals surface area contributed by atoms with Crippen LogP contribution in [0.1, 0.15) is 41.0 Å². The van der Waals surface area contributed by atoms with E-state index in [2.05, 4.69) is 5.32 Å². The average molecular weight is 347 g/mol. The number of hydrogen-bond donors (Lipinski definition) is 1. The Balaban J connectivity index is 1.95. The summed E-state index contributed by atoms with van der Waals surface area (Å²) in [7, 11) is 3.17. The smallest absolute Gasteiger partial charge is 0.220 e. The number of thiophene rings is 1. The first-order valence-corrected chi connectivity index (χ1v) is 8.51. The molecule has 1 atom stereocenters. The van der Waals surface area contributed by atoms with E-state index in [0.29, 0.717) is 16.4 Å². The zero-order chi connectivity index (χ0) is 17.5. The number of nitrogens with one attached hydrogen (secondary N) is 1. The Bertz CT molecular complexity index is 697. The summed E-state index contributed by atoms with van der Waals surface area (Å²) < 4.78 is 10.6. The van der Waals surface area contributed by atoms with Crippen molar-refractivity contribution in [2.24, 2.45) is 0 Å². The Morgan fingerprint density at radius 3 is 2.58 bits per heavy atom. The Morgan fingerprint density at radius 2 is 1.96 bits per heavy atom. The van der Waals surface area contributed by atoms with Crippen molar-refractivity contribution in [3.05, 3.63) is 46.2 Å². The largest absolute Gasteiger partial charge is 0.497 e. The molecule has 0 aliphatic carbocycles. The molecular weight excluding hydrogens is 326 g/mol. The first-order chi connectivity index (χ1) is 11.5. The predicted octanol–water partition coefficient (Wildman–Crippen LogP) is 3.61. The van der Waals surface area contributed by atoms with E-state index in [1.54, 1.807) is 32.4 Å². The van der Waals surface area contributed by atoms with Gasteiger partial charge in [0, 0.05) is 18.4 Å². The van der Waals surface area contributed by atoms with Crippen molar-refractivity contribution >= 4 is 23.0 Å². The Labute approximate surface area is 145 Å². The molecule has 0 fully saturated rings. The van der Waals surface area contributed by atoms with E-state index in [9.17, 15) is 9.59 Å². The normalized spacial score (nSPS) is 11.6. The molecule has 1 N–H and O–H groups in total. The number of Topliss-reactive ketones (excluding diaryl/α,β-unsaturated/α-hetero) is 1. The minimum atomic E-state index is -0.251. The van der Waals surface area contributed by atoms with Crippen molar-refractivity contribution in [3.63, 3.8) is 0 Å². The van der Waals surface area contributed by atoms with Crippen molar-refractivity contribution < 1.29 is 19.1 Å². The van der Waals surface area contributed by atoms with Gasteiger partial charge in [0.2, 0.25) is 5.91 Å². The van der Waals surface area contributed by atoms with E-state index >= 15 is 0 Å². The number of ether oxygens (including phenoxy) is 2. The molecule has 1 heterocycles. The Hall–Kier alpha value is -2.34. The fraction of sp³-hybridized carbons (Fsp3) is 0.333. The first-order valence-electron chi connectivity index (χ1n) is 7.63. The molecule has 1 aromatic heterocycles. The molecule has 0 radical (unpaired) electrons. The van der Waals surface area contributed by atoms with Crippen molar-refractivity contribution in [1.29, 1.82) is 0 Å². The third-order valence-corrected chi connectivity index (χ3v) is 4.57. The second kappa shape index (κ2) is 8.49. The van der Waals surface area contributed by atoms with Crippen LogP contribution in [-0.2, 0) is 4.79 Å². The SMILES string of the molecule is COc1ccc(OC)c([C@H](C)NC(=O)CCC(=O)c2cccs2)c1. The highest BCUT2D eigenvalue weighted by molar-refractivity contribution is 7.12. The van der Waals surface area contributed by atoms with Crippen molar-refractivity contribution in [2.75, 3.05) is 14.2 Å². The fourth-order valence-electron chi connectivity index (χ4n) is 2.36. The monoisotopic (exact) mass is 347 g/mol. The second-order valence-corrected chi connectivity index (χ2v) is 6.25. The van der Waals surface area contributed by atoms with Crippen LogP contribution in [0.3, 0.4) is 0 Å². The number of hydrogen-bond acceptors (Lipinski definition) is 5. The average Bonchev–Trinajstić information content (AvgIpc) is 3.13. The quantitative estimate of drug-likeness (QED) is 0.741. The summed E-state index contributed by atoms with van der Waals surface area (Å²) in [6, 6.07) is 8.79. The number of carbonyl (C=O) groups excluding carboxylic acids is 2. The minimum absolute atomic E-state index is 0.00763. The third-order valence-electron chi connectivity index (χ3n) is 3.66. The number of carbonyl (C=O) groups is 2. The molecule has 1 amide bonds. The molecule has 0 aliphatic rings. The Kier molecular flexibility index (Phi) is 6.37. The molecule has 0 unspecified atom stereocenters. The molecule has 6 heteroatoms. The summed E-state index contributed by atoms with van der Waals surface area (Å²) in [6.45, 7) is 1.87. The molecule has 5 nitrogen and oxygen atoms in total. The number of ketones is 1. The highest BCUT2D eigenvalue weighted by atomic mass is 32.1. The molecule has 0 bridgehead atoms. The highest BCUT2D eigenvalue weighted by Gasteiger charge is 2.16. The molecule has 128 valence electrons. The van der Waals surface area contributed by atoms with Crippen LogP contribution in [-0.4, -0.2) is 25.9 Å². The lowest BCUT2D eigenvalue weighted by Crippen LogP contribution is -2.27. The van der Waals surface area contributed by atoms with Crippen LogP contribution in [0.2, 0.25) is 0 Å². The molecule has 0 spiro atoms. The summed E-state index contributed by atoms with van der Waals surface area (Å²) in [4.78, 5) is 24.8. The summed E-state index contributed by atoms with van der Waals surface area (Å²) in [6.07, 6.45) is 0.363. The zero-order valence-corrected chi connectivity index (χ0v) is 14.8. The summed E-state index contributed by atoms with van der Waals surface area (Å²) in [5.41, 5.74) is 0.829. The van der Waals surface area contributed by atoms with Gasteiger partial charge in [-0.15, -0.1) is 11.3 Å². The van der Waals surface area contributed by atoms with Crippen LogP contribution in [0.5, 0.6) is 11.5 Å². The van der Waals surface area contributed by atoms with Gasteiger partial charge in [-0.1, -0.05) is 6.07 Å². The summed E-state index contributed by atoms with van der Waals surface area (Å²) >= 11 is 1.39. The third kappa shape index (κ3) is 4.58. The maximum absolute atomic E-state index is 12.1. The van der Waals surface area contributed by atoms with Crippen molar-refractivity contribution in [2.45, 2.75) is 25.8 Å². The van der Waals surface area contributed by atoms with E-state index in [1.807, 2.05) is 24.4 Å². The standard InChI is InChI=1S/C18H21NO4S/c1-12(14-11-13(22-2)6-8-16(14)23-3)19-18(21)9-7-15(20)17-5-4-10-24-17/h4-6,8,10-12H,7,9H2,1-3H3,(H,19,21)/t12-/m0/s1. The molecule has 0 saturated heterocycles. The molecule has 24 heavy (non-hydrogen) atoms. The van der Waals surface area contributed by atoms with Gasteiger partial charge < -0.3 is 14.8 Å². The maximum atomic E-state index is 12.1. The number of rotatable bonds is 8. The van der Waals surface area contributed by atoms with Gasteiger partial charge in [-0.3, -0.25) is 9.59 Å². The lowest BCUT2D eigenvalue weighted by molar-refractivity contribution is -0.121. The van der Waals surface area contributed by atoms with E-state index in [-0.39, 0.29) is 30.6 Å². The lowest BCUT2D eigenvalue weighted by atomic mass is 10.1. The van der Waals surface area contributed by atoms with Gasteiger partial charge in [0.05, 0.1) is 25.1 Å². The van der Waals surface area contributed by atoms with Gasteiger partial charge >= 0.3 is 0 Å². The molecule has 1 aromatic carbocycles. The maximum Gasteiger partial charge on any atom is 0.220 e. The van der Waals surface area contributed by atoms with Gasteiger partial charge in [-0.05, 0) is 36.6 Å². The molecule has 0 aliphatic heterocycles. The zero-order valence-electron chi connectivity index (χ0n) is 14.0. The topological polar surface area (TPSA) is 64.6 Å². The second-order valence-electron chi connectivity index (χ2n) is 5.30. The number of methoxy groups -OCH3 is 2. The number of amides is 1. The molecule has 2 aromatic rings. The van der Waals surface area contributed by atoms with Crippen LogP contribution in [0.15, 0.2) is 35.7 Å². The van der Waals surface area contributed by atoms with Crippen LogP contribution in [0.4, 0.5) is 0 Å².